The molecule has 0 saturated heterocycles. The maximum atomic E-state index is 11.5. The zero-order chi connectivity index (χ0) is 13.9. The number of benzene rings is 1. The number of carbonyl (C=O) groups is 1. The van der Waals surface area contributed by atoms with Gasteiger partial charge in [-0.1, -0.05) is 20.8 Å². The van der Waals surface area contributed by atoms with Crippen LogP contribution >= 0.6 is 0 Å². The third-order valence-corrected chi connectivity index (χ3v) is 3.14. The summed E-state index contributed by atoms with van der Waals surface area (Å²) >= 11 is 0. The molecule has 0 saturated carbocycles. The van der Waals surface area contributed by atoms with Crippen LogP contribution in [0.15, 0.2) is 18.2 Å². The number of methoxy groups -OCH3 is 1. The summed E-state index contributed by atoms with van der Waals surface area (Å²) in [6, 6.07) is 5.57. The molecule has 0 amide bonds. The van der Waals surface area contributed by atoms with Crippen LogP contribution < -0.4 is 11.1 Å². The fourth-order valence-corrected chi connectivity index (χ4v) is 1.40. The van der Waals surface area contributed by atoms with Gasteiger partial charge in [0.25, 0.3) is 0 Å². The lowest BCUT2D eigenvalue weighted by atomic mass is 9.88. The summed E-state index contributed by atoms with van der Waals surface area (Å²) in [6.45, 7) is 8.57. The number of hydrogen-bond acceptors (Lipinski definition) is 4. The minimum atomic E-state index is -0.417. The van der Waals surface area contributed by atoms with Crippen molar-refractivity contribution in [2.24, 2.45) is 5.41 Å². The number of hydrogen-bond donors (Lipinski definition) is 2. The number of anilines is 2. The van der Waals surface area contributed by atoms with E-state index in [1.807, 2.05) is 6.07 Å². The SMILES string of the molecule is COC(=O)c1cc(NC(C)C(C)(C)C)ccc1N. The number of carbonyl (C=O) groups excluding carboxylic acids is 1. The van der Waals surface area contributed by atoms with Gasteiger partial charge in [0.2, 0.25) is 0 Å². The standard InChI is InChI=1S/C14H22N2O2/c1-9(14(2,3)4)16-10-6-7-12(15)11(8-10)13(17)18-5/h6-9,16H,15H2,1-5H3. The first-order chi connectivity index (χ1) is 8.25. The fourth-order valence-electron chi connectivity index (χ4n) is 1.40. The largest absolute Gasteiger partial charge is 0.465 e. The van der Waals surface area contributed by atoms with Gasteiger partial charge in [0.15, 0.2) is 0 Å². The van der Waals surface area contributed by atoms with Gasteiger partial charge < -0.3 is 15.8 Å². The Bertz CT molecular complexity index is 436. The van der Waals surface area contributed by atoms with Crippen LogP contribution in [0.3, 0.4) is 0 Å². The molecule has 0 radical (unpaired) electrons. The van der Waals surface area contributed by atoms with Crippen LogP contribution in [0.4, 0.5) is 11.4 Å². The normalized spacial score (nSPS) is 12.9. The summed E-state index contributed by atoms with van der Waals surface area (Å²) in [5, 5.41) is 3.37. The Kier molecular flexibility index (Phi) is 4.22. The number of nitrogens with one attached hydrogen (secondary N) is 1. The summed E-state index contributed by atoms with van der Waals surface area (Å²) in [4.78, 5) is 11.5. The fraction of sp³-hybridized carbons (Fsp3) is 0.500. The lowest BCUT2D eigenvalue weighted by molar-refractivity contribution is 0.0602. The molecule has 18 heavy (non-hydrogen) atoms. The Hall–Kier alpha value is -1.71. The van der Waals surface area contributed by atoms with Crippen molar-refractivity contribution in [2.45, 2.75) is 33.7 Å². The van der Waals surface area contributed by atoms with Gasteiger partial charge in [-0.05, 0) is 30.5 Å². The predicted octanol–water partition coefficient (Wildman–Crippen LogP) is 2.90. The Labute approximate surface area is 109 Å². The smallest absolute Gasteiger partial charge is 0.340 e. The molecular formula is C14H22N2O2. The summed E-state index contributed by atoms with van der Waals surface area (Å²) in [7, 11) is 1.35. The molecule has 3 N–H and O–H groups in total. The molecule has 0 spiro atoms. The van der Waals surface area contributed by atoms with E-state index in [9.17, 15) is 4.79 Å². The minimum Gasteiger partial charge on any atom is -0.465 e. The topological polar surface area (TPSA) is 64.3 Å². The predicted molar refractivity (Wildman–Crippen MR) is 74.7 cm³/mol. The van der Waals surface area contributed by atoms with Gasteiger partial charge in [-0.15, -0.1) is 0 Å². The van der Waals surface area contributed by atoms with Crippen LogP contribution in [-0.2, 0) is 4.74 Å². The van der Waals surface area contributed by atoms with Crippen molar-refractivity contribution in [2.75, 3.05) is 18.2 Å². The number of esters is 1. The van der Waals surface area contributed by atoms with Crippen molar-refractivity contribution in [1.29, 1.82) is 0 Å². The molecule has 0 aliphatic heterocycles. The molecule has 1 unspecified atom stereocenters. The molecule has 100 valence electrons. The molecule has 1 rings (SSSR count). The quantitative estimate of drug-likeness (QED) is 0.639. The van der Waals surface area contributed by atoms with Crippen LogP contribution in [0.25, 0.3) is 0 Å². The summed E-state index contributed by atoms with van der Waals surface area (Å²) in [6.07, 6.45) is 0. The molecule has 1 atom stereocenters. The number of nitrogen functional groups attached to an aromatic ring is 1. The molecule has 0 fully saturated rings. The van der Waals surface area contributed by atoms with Crippen molar-refractivity contribution < 1.29 is 9.53 Å². The zero-order valence-corrected chi connectivity index (χ0v) is 11.7. The molecule has 0 aliphatic carbocycles. The van der Waals surface area contributed by atoms with E-state index in [4.69, 9.17) is 10.5 Å². The monoisotopic (exact) mass is 250 g/mol. The van der Waals surface area contributed by atoms with Crippen molar-refractivity contribution in [3.05, 3.63) is 23.8 Å². The average molecular weight is 250 g/mol. The summed E-state index contributed by atoms with van der Waals surface area (Å²) in [5.74, 6) is -0.417. The van der Waals surface area contributed by atoms with Crippen molar-refractivity contribution in [3.8, 4) is 0 Å². The second kappa shape index (κ2) is 5.29. The molecule has 4 heteroatoms. The molecule has 4 nitrogen and oxygen atoms in total. The maximum Gasteiger partial charge on any atom is 0.340 e. The van der Waals surface area contributed by atoms with Gasteiger partial charge in [-0.2, -0.15) is 0 Å². The first-order valence-electron chi connectivity index (χ1n) is 6.00. The van der Waals surface area contributed by atoms with E-state index in [1.165, 1.54) is 7.11 Å². The van der Waals surface area contributed by atoms with Gasteiger partial charge >= 0.3 is 5.97 Å². The third kappa shape index (κ3) is 3.39. The molecular weight excluding hydrogens is 228 g/mol. The van der Waals surface area contributed by atoms with Crippen molar-refractivity contribution >= 4 is 17.3 Å². The highest BCUT2D eigenvalue weighted by molar-refractivity contribution is 5.96. The number of nitrogens with two attached hydrogens (primary N) is 1. The minimum absolute atomic E-state index is 0.132. The first-order valence-corrected chi connectivity index (χ1v) is 6.00. The van der Waals surface area contributed by atoms with Gasteiger partial charge in [0, 0.05) is 17.4 Å². The van der Waals surface area contributed by atoms with E-state index >= 15 is 0 Å². The molecule has 1 aromatic rings. The number of ether oxygens (including phenoxy) is 1. The molecule has 0 aliphatic rings. The van der Waals surface area contributed by atoms with Gasteiger partial charge in [0.05, 0.1) is 12.7 Å². The lowest BCUT2D eigenvalue weighted by Gasteiger charge is -2.29. The van der Waals surface area contributed by atoms with Crippen LogP contribution in [0.1, 0.15) is 38.1 Å². The van der Waals surface area contributed by atoms with Gasteiger partial charge in [-0.3, -0.25) is 0 Å². The van der Waals surface area contributed by atoms with E-state index in [2.05, 4.69) is 33.0 Å². The zero-order valence-electron chi connectivity index (χ0n) is 11.7. The second-order valence-corrected chi connectivity index (χ2v) is 5.53. The van der Waals surface area contributed by atoms with E-state index in [0.717, 1.165) is 5.69 Å². The molecule has 0 bridgehead atoms. The third-order valence-electron chi connectivity index (χ3n) is 3.14. The second-order valence-electron chi connectivity index (χ2n) is 5.53. The van der Waals surface area contributed by atoms with E-state index < -0.39 is 5.97 Å². The Morgan fingerprint density at radius 2 is 2.00 bits per heavy atom. The first kappa shape index (κ1) is 14.4. The summed E-state index contributed by atoms with van der Waals surface area (Å²) in [5.41, 5.74) is 7.57. The number of rotatable bonds is 3. The van der Waals surface area contributed by atoms with E-state index in [0.29, 0.717) is 11.3 Å². The van der Waals surface area contributed by atoms with E-state index in [-0.39, 0.29) is 11.5 Å². The molecule has 1 aromatic carbocycles. The van der Waals surface area contributed by atoms with Crippen molar-refractivity contribution in [3.63, 3.8) is 0 Å². The van der Waals surface area contributed by atoms with Gasteiger partial charge in [0.1, 0.15) is 0 Å². The summed E-state index contributed by atoms with van der Waals surface area (Å²) < 4.78 is 4.70. The highest BCUT2D eigenvalue weighted by Crippen LogP contribution is 2.25. The Balaban J connectivity index is 2.96. The Morgan fingerprint density at radius 1 is 1.39 bits per heavy atom. The Morgan fingerprint density at radius 3 is 2.50 bits per heavy atom. The molecule has 0 heterocycles. The highest BCUT2D eigenvalue weighted by Gasteiger charge is 2.20. The van der Waals surface area contributed by atoms with Crippen LogP contribution in [0, 0.1) is 5.41 Å². The average Bonchev–Trinajstić information content (AvgIpc) is 2.29. The van der Waals surface area contributed by atoms with Crippen molar-refractivity contribution in [1.82, 2.24) is 0 Å². The van der Waals surface area contributed by atoms with Crippen LogP contribution in [0.2, 0.25) is 0 Å². The van der Waals surface area contributed by atoms with Crippen LogP contribution in [0.5, 0.6) is 0 Å². The van der Waals surface area contributed by atoms with E-state index in [1.54, 1.807) is 12.1 Å². The lowest BCUT2D eigenvalue weighted by Crippen LogP contribution is -2.30. The highest BCUT2D eigenvalue weighted by atomic mass is 16.5. The van der Waals surface area contributed by atoms with Crippen LogP contribution in [-0.4, -0.2) is 19.1 Å². The van der Waals surface area contributed by atoms with Gasteiger partial charge in [-0.25, -0.2) is 4.79 Å². The maximum absolute atomic E-state index is 11.5. The molecule has 0 aromatic heterocycles.